The van der Waals surface area contributed by atoms with Gasteiger partial charge in [0, 0.05) is 12.5 Å². The van der Waals surface area contributed by atoms with Crippen molar-refractivity contribution in [3.05, 3.63) is 23.8 Å². The van der Waals surface area contributed by atoms with Gasteiger partial charge in [-0.15, -0.1) is 0 Å². The molecule has 158 valence electrons. The minimum atomic E-state index is -0.482. The number of nitrogens with zero attached hydrogens (tertiary/aromatic N) is 1. The van der Waals surface area contributed by atoms with Crippen molar-refractivity contribution >= 4 is 22.5 Å². The van der Waals surface area contributed by atoms with Crippen LogP contribution in [-0.4, -0.2) is 40.1 Å². The zero-order valence-corrected chi connectivity index (χ0v) is 18.0. The Morgan fingerprint density at radius 1 is 0.897 bits per heavy atom. The van der Waals surface area contributed by atoms with Gasteiger partial charge in [-0.3, -0.25) is 0 Å². The number of rotatable bonds is 10. The summed E-state index contributed by atoms with van der Waals surface area (Å²) in [5, 5.41) is 5.55. The molecule has 0 bridgehead atoms. The second kappa shape index (κ2) is 10.5. The van der Waals surface area contributed by atoms with Crippen molar-refractivity contribution < 1.29 is 28.6 Å². The minimum Gasteiger partial charge on any atom is -0.496 e. The van der Waals surface area contributed by atoms with Crippen molar-refractivity contribution in [2.24, 2.45) is 5.16 Å². The maximum absolute atomic E-state index is 11.4. The molecule has 0 amide bonds. The fourth-order valence-electron chi connectivity index (χ4n) is 3.26. The van der Waals surface area contributed by atoms with E-state index in [0.717, 1.165) is 24.6 Å². The van der Waals surface area contributed by atoms with E-state index in [2.05, 4.69) is 12.1 Å². The highest BCUT2D eigenvalue weighted by molar-refractivity contribution is 6.12. The Bertz CT molecular complexity index is 891. The van der Waals surface area contributed by atoms with Gasteiger partial charge in [0.15, 0.2) is 0 Å². The van der Waals surface area contributed by atoms with Crippen LogP contribution in [0.25, 0.3) is 10.8 Å². The molecule has 0 aliphatic rings. The summed E-state index contributed by atoms with van der Waals surface area (Å²) in [6.45, 7) is 3.44. The van der Waals surface area contributed by atoms with Crippen LogP contribution in [0.3, 0.4) is 0 Å². The second-order valence-corrected chi connectivity index (χ2v) is 6.46. The summed E-state index contributed by atoms with van der Waals surface area (Å²) in [5.41, 5.74) is 1.29. The summed E-state index contributed by atoms with van der Waals surface area (Å²) in [6, 6.07) is 5.46. The Kier molecular flexibility index (Phi) is 8.12. The number of methoxy groups -OCH3 is 4. The first-order valence-corrected chi connectivity index (χ1v) is 9.56. The summed E-state index contributed by atoms with van der Waals surface area (Å²) in [6.07, 6.45) is 3.61. The largest absolute Gasteiger partial charge is 0.496 e. The number of fused-ring (bicyclic) bond motifs is 1. The van der Waals surface area contributed by atoms with E-state index in [1.54, 1.807) is 28.4 Å². The van der Waals surface area contributed by atoms with Gasteiger partial charge in [-0.05, 0) is 31.0 Å². The third-order valence-corrected chi connectivity index (χ3v) is 4.60. The minimum absolute atomic E-state index is 0.482. The molecule has 0 aliphatic heterocycles. The Balaban J connectivity index is 2.82. The van der Waals surface area contributed by atoms with E-state index in [0.29, 0.717) is 46.1 Å². The molecule has 0 aromatic heterocycles. The lowest BCUT2D eigenvalue weighted by molar-refractivity contribution is -0.140. The quantitative estimate of drug-likeness (QED) is 0.247. The molecule has 0 atom stereocenters. The average molecular weight is 403 g/mol. The van der Waals surface area contributed by atoms with Crippen molar-refractivity contribution in [1.82, 2.24) is 0 Å². The van der Waals surface area contributed by atoms with Crippen LogP contribution >= 0.6 is 0 Å². The molecule has 7 nitrogen and oxygen atoms in total. The van der Waals surface area contributed by atoms with Gasteiger partial charge in [0.05, 0.1) is 44.9 Å². The molecule has 0 spiro atoms. The van der Waals surface area contributed by atoms with Gasteiger partial charge in [-0.2, -0.15) is 0 Å². The number of hydrogen-bond acceptors (Lipinski definition) is 7. The second-order valence-electron chi connectivity index (χ2n) is 6.46. The van der Waals surface area contributed by atoms with E-state index >= 15 is 0 Å². The van der Waals surface area contributed by atoms with Crippen LogP contribution in [0.5, 0.6) is 23.0 Å². The number of carbonyl (C=O) groups excluding carboxylic acids is 1. The van der Waals surface area contributed by atoms with Crippen LogP contribution in [0.15, 0.2) is 23.4 Å². The van der Waals surface area contributed by atoms with E-state index in [1.807, 2.05) is 18.2 Å². The number of benzene rings is 2. The Labute approximate surface area is 171 Å². The molecule has 0 saturated carbocycles. The molecule has 7 heteroatoms. The highest BCUT2D eigenvalue weighted by Gasteiger charge is 2.23. The number of hydrogen-bond donors (Lipinski definition) is 0. The molecule has 2 aromatic rings. The van der Waals surface area contributed by atoms with Crippen LogP contribution in [-0.2, 0) is 9.63 Å². The zero-order valence-electron chi connectivity index (χ0n) is 18.0. The fourth-order valence-corrected chi connectivity index (χ4v) is 3.26. The molecular formula is C22H29NO6. The van der Waals surface area contributed by atoms with Crippen LogP contribution in [0, 0.1) is 0 Å². The zero-order chi connectivity index (χ0) is 21.4. The van der Waals surface area contributed by atoms with E-state index < -0.39 is 5.97 Å². The fraction of sp³-hybridized carbons (Fsp3) is 0.455. The van der Waals surface area contributed by atoms with Gasteiger partial charge < -0.3 is 23.8 Å². The van der Waals surface area contributed by atoms with Crippen molar-refractivity contribution in [3.63, 3.8) is 0 Å². The molecule has 0 saturated heterocycles. The Morgan fingerprint density at radius 2 is 1.52 bits per heavy atom. The molecule has 0 fully saturated rings. The summed E-state index contributed by atoms with van der Waals surface area (Å²) in [4.78, 5) is 16.3. The van der Waals surface area contributed by atoms with Gasteiger partial charge in [0.25, 0.3) is 0 Å². The highest BCUT2D eigenvalue weighted by atomic mass is 16.7. The SMILES string of the molecule is CCCCCC(=NOC(C)=O)c1cc(OC)c2c(OC)ccc(OC)c2c1OC. The van der Waals surface area contributed by atoms with Gasteiger partial charge in [-0.1, -0.05) is 24.9 Å². The predicted molar refractivity (Wildman–Crippen MR) is 113 cm³/mol. The van der Waals surface area contributed by atoms with Gasteiger partial charge >= 0.3 is 5.97 Å². The lowest BCUT2D eigenvalue weighted by Gasteiger charge is -2.19. The van der Waals surface area contributed by atoms with Crippen molar-refractivity contribution in [2.75, 3.05) is 28.4 Å². The predicted octanol–water partition coefficient (Wildman–Crippen LogP) is 4.72. The smallest absolute Gasteiger partial charge is 0.331 e. The first-order chi connectivity index (χ1) is 14.0. The summed E-state index contributed by atoms with van der Waals surface area (Å²) < 4.78 is 22.6. The van der Waals surface area contributed by atoms with E-state index in [9.17, 15) is 4.79 Å². The van der Waals surface area contributed by atoms with Crippen LogP contribution < -0.4 is 18.9 Å². The van der Waals surface area contributed by atoms with Crippen LogP contribution in [0.2, 0.25) is 0 Å². The van der Waals surface area contributed by atoms with E-state index in [-0.39, 0.29) is 0 Å². The Hall–Kier alpha value is -2.96. The van der Waals surface area contributed by atoms with Crippen molar-refractivity contribution in [3.8, 4) is 23.0 Å². The summed E-state index contributed by atoms with van der Waals surface area (Å²) in [7, 11) is 6.36. The maximum Gasteiger partial charge on any atom is 0.331 e. The molecule has 0 aliphatic carbocycles. The molecule has 29 heavy (non-hydrogen) atoms. The molecule has 0 heterocycles. The molecule has 0 radical (unpaired) electrons. The molecular weight excluding hydrogens is 374 g/mol. The van der Waals surface area contributed by atoms with Gasteiger partial charge in [0.2, 0.25) is 0 Å². The first-order valence-electron chi connectivity index (χ1n) is 9.56. The topological polar surface area (TPSA) is 75.6 Å². The van der Waals surface area contributed by atoms with Crippen molar-refractivity contribution in [1.29, 1.82) is 0 Å². The van der Waals surface area contributed by atoms with Crippen LogP contribution in [0.4, 0.5) is 0 Å². The standard InChI is InChI=1S/C22H29NO6/c1-7-8-9-10-16(23-29-14(2)24)15-13-19(27-5)20-17(25-3)11-12-18(26-4)21(20)22(15)28-6/h11-13H,7-10H2,1-6H3. The molecule has 0 N–H and O–H groups in total. The number of unbranched alkanes of at least 4 members (excludes halogenated alkanes) is 2. The van der Waals surface area contributed by atoms with Gasteiger partial charge in [-0.25, -0.2) is 4.79 Å². The molecule has 0 unspecified atom stereocenters. The number of ether oxygens (including phenoxy) is 4. The lowest BCUT2D eigenvalue weighted by atomic mass is 9.97. The molecule has 2 rings (SSSR count). The third-order valence-electron chi connectivity index (χ3n) is 4.60. The first kappa shape index (κ1) is 22.3. The third kappa shape index (κ3) is 4.91. The van der Waals surface area contributed by atoms with E-state index in [1.165, 1.54) is 6.92 Å². The maximum atomic E-state index is 11.4. The van der Waals surface area contributed by atoms with Crippen molar-refractivity contribution in [2.45, 2.75) is 39.5 Å². The molecule has 2 aromatic carbocycles. The summed E-state index contributed by atoms with van der Waals surface area (Å²) in [5.74, 6) is 1.89. The number of carbonyl (C=O) groups is 1. The lowest BCUT2D eigenvalue weighted by Crippen LogP contribution is -2.08. The average Bonchev–Trinajstić information content (AvgIpc) is 2.73. The van der Waals surface area contributed by atoms with E-state index in [4.69, 9.17) is 23.8 Å². The highest BCUT2D eigenvalue weighted by Crippen LogP contribution is 2.46. The summed E-state index contributed by atoms with van der Waals surface area (Å²) >= 11 is 0. The van der Waals surface area contributed by atoms with Gasteiger partial charge in [0.1, 0.15) is 23.0 Å². The normalized spacial score (nSPS) is 11.3. The Morgan fingerprint density at radius 3 is 2.03 bits per heavy atom. The monoisotopic (exact) mass is 403 g/mol. The number of oxime groups is 1. The van der Waals surface area contributed by atoms with Crippen LogP contribution in [0.1, 0.15) is 45.1 Å².